The Morgan fingerprint density at radius 1 is 1.45 bits per heavy atom. The summed E-state index contributed by atoms with van der Waals surface area (Å²) in [7, 11) is 1.33. The van der Waals surface area contributed by atoms with Crippen molar-refractivity contribution in [2.45, 2.75) is 31.7 Å². The number of nitrogens with one attached hydrogen (secondary N) is 1. The zero-order chi connectivity index (χ0) is 15.9. The Hall–Kier alpha value is -2.37. The van der Waals surface area contributed by atoms with E-state index in [1.807, 2.05) is 31.2 Å². The number of aromatic nitrogens is 2. The molecule has 22 heavy (non-hydrogen) atoms. The third-order valence-electron chi connectivity index (χ3n) is 4.51. The second-order valence-electron chi connectivity index (χ2n) is 5.88. The first kappa shape index (κ1) is 14.6. The van der Waals surface area contributed by atoms with Crippen molar-refractivity contribution in [3.8, 4) is 0 Å². The van der Waals surface area contributed by atoms with Crippen LogP contribution in [-0.4, -0.2) is 46.4 Å². The molecule has 0 bridgehead atoms. The lowest BCUT2D eigenvalue weighted by molar-refractivity contribution is -0.151. The number of esters is 1. The molecule has 1 aliphatic rings. The van der Waals surface area contributed by atoms with E-state index >= 15 is 0 Å². The second-order valence-corrected chi connectivity index (χ2v) is 5.88. The number of likely N-dealkylation sites (tertiary alicyclic amines) is 1. The fourth-order valence-electron chi connectivity index (χ4n) is 2.97. The number of carbonyl (C=O) groups is 2. The van der Waals surface area contributed by atoms with Gasteiger partial charge in [-0.3, -0.25) is 4.79 Å². The summed E-state index contributed by atoms with van der Waals surface area (Å²) in [5.74, 6) is 0.157. The molecule has 6 nitrogen and oxygen atoms in total. The van der Waals surface area contributed by atoms with Crippen LogP contribution in [0.3, 0.4) is 0 Å². The topological polar surface area (TPSA) is 75.3 Å². The van der Waals surface area contributed by atoms with Crippen molar-refractivity contribution in [2.75, 3.05) is 13.7 Å². The molecule has 6 heteroatoms. The molecule has 1 saturated heterocycles. The van der Waals surface area contributed by atoms with Gasteiger partial charge in [0, 0.05) is 6.54 Å². The maximum atomic E-state index is 12.8. The monoisotopic (exact) mass is 301 g/mol. The van der Waals surface area contributed by atoms with E-state index in [9.17, 15) is 9.59 Å². The van der Waals surface area contributed by atoms with Crippen molar-refractivity contribution in [2.24, 2.45) is 0 Å². The van der Waals surface area contributed by atoms with Gasteiger partial charge in [-0.1, -0.05) is 12.1 Å². The van der Waals surface area contributed by atoms with Crippen molar-refractivity contribution in [3.63, 3.8) is 0 Å². The zero-order valence-electron chi connectivity index (χ0n) is 12.9. The zero-order valence-corrected chi connectivity index (χ0v) is 12.9. The molecule has 1 N–H and O–H groups in total. The predicted octanol–water partition coefficient (Wildman–Crippen LogP) is 1.61. The van der Waals surface area contributed by atoms with Gasteiger partial charge in [-0.15, -0.1) is 0 Å². The molecule has 1 aliphatic heterocycles. The lowest BCUT2D eigenvalue weighted by Crippen LogP contribution is -2.44. The van der Waals surface area contributed by atoms with Crippen molar-refractivity contribution in [1.82, 2.24) is 14.9 Å². The fraction of sp³-hybridized carbons (Fsp3) is 0.438. The summed E-state index contributed by atoms with van der Waals surface area (Å²) >= 11 is 0. The van der Waals surface area contributed by atoms with Gasteiger partial charge in [0.2, 0.25) is 5.91 Å². The van der Waals surface area contributed by atoms with Crippen LogP contribution in [0.4, 0.5) is 0 Å². The minimum atomic E-state index is -0.735. The smallest absolute Gasteiger partial charge is 0.328 e. The van der Waals surface area contributed by atoms with Gasteiger partial charge in [-0.2, -0.15) is 0 Å². The molecule has 2 heterocycles. The summed E-state index contributed by atoms with van der Waals surface area (Å²) in [5.41, 5.74) is 1.01. The highest BCUT2D eigenvalue weighted by Crippen LogP contribution is 2.35. The molecule has 3 rings (SSSR count). The summed E-state index contributed by atoms with van der Waals surface area (Å²) in [6.45, 7) is 4.08. The van der Waals surface area contributed by atoms with Crippen LogP contribution in [0.2, 0.25) is 0 Å². The summed E-state index contributed by atoms with van der Waals surface area (Å²) in [5, 5.41) is 0. The van der Waals surface area contributed by atoms with Gasteiger partial charge >= 0.3 is 5.97 Å². The van der Waals surface area contributed by atoms with Crippen molar-refractivity contribution >= 4 is 22.9 Å². The molecular weight excluding hydrogens is 282 g/mol. The van der Waals surface area contributed by atoms with E-state index in [1.165, 1.54) is 7.11 Å². The van der Waals surface area contributed by atoms with Crippen molar-refractivity contribution in [3.05, 3.63) is 30.1 Å². The second kappa shape index (κ2) is 5.12. The van der Waals surface area contributed by atoms with E-state index in [4.69, 9.17) is 4.74 Å². The molecule has 116 valence electrons. The number of imidazole rings is 1. The number of fused-ring (bicyclic) bond motifs is 1. The molecule has 2 unspecified atom stereocenters. The first-order valence-corrected chi connectivity index (χ1v) is 7.31. The highest BCUT2D eigenvalue weighted by molar-refractivity contribution is 5.93. The number of nitrogens with zero attached hydrogens (tertiary/aromatic N) is 2. The summed E-state index contributed by atoms with van der Waals surface area (Å²) in [4.78, 5) is 33.9. The summed E-state index contributed by atoms with van der Waals surface area (Å²) in [6.07, 6.45) is 0.618. The molecule has 0 spiro atoms. The minimum absolute atomic E-state index is 0.0931. The number of H-pyrrole nitrogens is 1. The third-order valence-corrected chi connectivity index (χ3v) is 4.51. The van der Waals surface area contributed by atoms with Crippen LogP contribution >= 0.6 is 0 Å². The van der Waals surface area contributed by atoms with E-state index in [1.54, 1.807) is 11.8 Å². The van der Waals surface area contributed by atoms with Crippen LogP contribution < -0.4 is 0 Å². The van der Waals surface area contributed by atoms with E-state index in [0.717, 1.165) is 11.0 Å². The van der Waals surface area contributed by atoms with Gasteiger partial charge in [0.25, 0.3) is 0 Å². The van der Waals surface area contributed by atoms with Crippen LogP contribution in [0, 0.1) is 0 Å². The Kier molecular flexibility index (Phi) is 3.39. The fourth-order valence-corrected chi connectivity index (χ4v) is 2.97. The van der Waals surface area contributed by atoms with Crippen LogP contribution in [0.15, 0.2) is 24.3 Å². The number of ether oxygens (including phenoxy) is 1. The first-order chi connectivity index (χ1) is 10.5. The van der Waals surface area contributed by atoms with Crippen LogP contribution in [0.5, 0.6) is 0 Å². The van der Waals surface area contributed by atoms with E-state index in [0.29, 0.717) is 18.8 Å². The molecule has 0 aliphatic carbocycles. The van der Waals surface area contributed by atoms with Gasteiger partial charge in [-0.05, 0) is 32.4 Å². The number of hydrogen-bond donors (Lipinski definition) is 1. The highest BCUT2D eigenvalue weighted by atomic mass is 16.5. The number of aromatic amines is 1. The van der Waals surface area contributed by atoms with E-state index in [2.05, 4.69) is 9.97 Å². The highest BCUT2D eigenvalue weighted by Gasteiger charge is 2.48. The Morgan fingerprint density at radius 2 is 2.18 bits per heavy atom. The van der Waals surface area contributed by atoms with Crippen LogP contribution in [-0.2, 0) is 19.7 Å². The standard InChI is InChI=1S/C16H19N3O3/c1-10(13(20)22-3)19-9-8-16(2,15(19)21)14-17-11-6-4-5-7-12(11)18-14/h4-7,10H,8-9H2,1-3H3,(H,17,18). The molecule has 0 radical (unpaired) electrons. The normalized spacial score (nSPS) is 23.0. The molecule has 1 aromatic carbocycles. The maximum absolute atomic E-state index is 12.8. The molecule has 1 aromatic heterocycles. The van der Waals surface area contributed by atoms with Crippen LogP contribution in [0.1, 0.15) is 26.1 Å². The SMILES string of the molecule is COC(=O)C(C)N1CCC(C)(c2nc3ccccc3[nH]2)C1=O. The Morgan fingerprint density at radius 3 is 2.86 bits per heavy atom. The molecule has 0 saturated carbocycles. The Bertz CT molecular complexity index is 706. The van der Waals surface area contributed by atoms with Crippen LogP contribution in [0.25, 0.3) is 11.0 Å². The van der Waals surface area contributed by atoms with Crippen molar-refractivity contribution in [1.29, 1.82) is 0 Å². The van der Waals surface area contributed by atoms with Gasteiger partial charge in [0.05, 0.1) is 18.1 Å². The number of para-hydroxylation sites is 2. The molecule has 1 amide bonds. The van der Waals surface area contributed by atoms with Crippen molar-refractivity contribution < 1.29 is 14.3 Å². The average molecular weight is 301 g/mol. The lowest BCUT2D eigenvalue weighted by atomic mass is 9.88. The first-order valence-electron chi connectivity index (χ1n) is 7.31. The number of benzene rings is 1. The number of amides is 1. The minimum Gasteiger partial charge on any atom is -0.467 e. The van der Waals surface area contributed by atoms with E-state index < -0.39 is 17.4 Å². The quantitative estimate of drug-likeness (QED) is 0.874. The molecule has 1 fully saturated rings. The predicted molar refractivity (Wildman–Crippen MR) is 81.3 cm³/mol. The van der Waals surface area contributed by atoms with Gasteiger partial charge in [0.1, 0.15) is 17.3 Å². The molecular formula is C16H19N3O3. The van der Waals surface area contributed by atoms with Gasteiger partial charge < -0.3 is 14.6 Å². The lowest BCUT2D eigenvalue weighted by Gasteiger charge is -2.25. The third kappa shape index (κ3) is 2.06. The maximum Gasteiger partial charge on any atom is 0.328 e. The number of methoxy groups -OCH3 is 1. The van der Waals surface area contributed by atoms with Gasteiger partial charge in [-0.25, -0.2) is 9.78 Å². The van der Waals surface area contributed by atoms with Gasteiger partial charge in [0.15, 0.2) is 0 Å². The largest absolute Gasteiger partial charge is 0.467 e. The summed E-state index contributed by atoms with van der Waals surface area (Å²) in [6, 6.07) is 7.10. The number of rotatable bonds is 3. The summed E-state index contributed by atoms with van der Waals surface area (Å²) < 4.78 is 4.74. The van der Waals surface area contributed by atoms with E-state index in [-0.39, 0.29) is 5.91 Å². The molecule has 2 atom stereocenters. The Balaban J connectivity index is 1.93. The Labute approximate surface area is 128 Å². The number of hydrogen-bond acceptors (Lipinski definition) is 4. The molecule has 2 aromatic rings. The number of carbonyl (C=O) groups excluding carboxylic acids is 2. The average Bonchev–Trinajstić information content (AvgIpc) is 3.09.